The van der Waals surface area contributed by atoms with E-state index < -0.39 is 14.2 Å². The minimum atomic E-state index is -1.30. The van der Waals surface area contributed by atoms with E-state index in [4.69, 9.17) is 9.26 Å². The molecule has 0 radical (unpaired) electrons. The Morgan fingerprint density at radius 3 is 2.71 bits per heavy atom. The molecule has 2 N–H and O–H groups in total. The minimum Gasteiger partial charge on any atom is -0.450 e. The smallest absolute Gasteiger partial charge is 0.407 e. The molecule has 0 bridgehead atoms. The first-order chi connectivity index (χ1) is 16.6. The van der Waals surface area contributed by atoms with Crippen molar-refractivity contribution >= 4 is 31.4 Å². The summed E-state index contributed by atoms with van der Waals surface area (Å²) < 4.78 is 10.6. The van der Waals surface area contributed by atoms with Crippen LogP contribution in [0.3, 0.4) is 0 Å². The molecule has 2 aromatic rings. The van der Waals surface area contributed by atoms with Crippen molar-refractivity contribution in [1.82, 2.24) is 30.7 Å². The van der Waals surface area contributed by atoms with Crippen LogP contribution in [0.25, 0.3) is 0 Å². The van der Waals surface area contributed by atoms with E-state index >= 15 is 0 Å². The first kappa shape index (κ1) is 25.8. The van der Waals surface area contributed by atoms with E-state index in [-0.39, 0.29) is 23.9 Å². The zero-order valence-corrected chi connectivity index (χ0v) is 23.0. The summed E-state index contributed by atoms with van der Waals surface area (Å²) in [5.41, 5.74) is 1.02. The molecule has 12 heteroatoms. The summed E-state index contributed by atoms with van der Waals surface area (Å²) in [5, 5.41) is 10.7. The summed E-state index contributed by atoms with van der Waals surface area (Å²) in [6.07, 6.45) is 2.47. The average Bonchev–Trinajstić information content (AvgIpc) is 3.40. The first-order valence-corrected chi connectivity index (χ1v) is 16.8. The number of fused-ring (bicyclic) bond motifs is 1. The second-order valence-electron chi connectivity index (χ2n) is 10.8. The summed E-state index contributed by atoms with van der Waals surface area (Å²) in [7, 11) is 0.776. The predicted molar refractivity (Wildman–Crippen MR) is 135 cm³/mol. The highest BCUT2D eigenvalue weighted by molar-refractivity contribution is 7.13. The molecular weight excluding hydrogens is 484 g/mol. The van der Waals surface area contributed by atoms with Gasteiger partial charge in [-0.05, 0) is 32.4 Å². The van der Waals surface area contributed by atoms with Gasteiger partial charge >= 0.3 is 6.09 Å². The molecule has 3 unspecified atom stereocenters. The maximum Gasteiger partial charge on any atom is 0.407 e. The number of amides is 2. The molecule has 35 heavy (non-hydrogen) atoms. The zero-order chi connectivity index (χ0) is 25.2. The lowest BCUT2D eigenvalue weighted by molar-refractivity contribution is 0.0900. The van der Waals surface area contributed by atoms with Gasteiger partial charge in [-0.3, -0.25) is 4.79 Å². The van der Waals surface area contributed by atoms with Crippen molar-refractivity contribution in [3.05, 3.63) is 27.3 Å². The largest absolute Gasteiger partial charge is 0.450 e. The van der Waals surface area contributed by atoms with Crippen LogP contribution in [0.15, 0.2) is 4.52 Å². The molecule has 0 spiro atoms. The van der Waals surface area contributed by atoms with Gasteiger partial charge in [0.1, 0.15) is 0 Å². The number of carbonyl (C=O) groups is 2. The monoisotopic (exact) mass is 520 g/mol. The highest BCUT2D eigenvalue weighted by Crippen LogP contribution is 2.32. The predicted octanol–water partition coefficient (Wildman–Crippen LogP) is 3.32. The number of nitrogens with zero attached hydrogens (tertiary/aromatic N) is 4. The average molecular weight is 521 g/mol. The van der Waals surface area contributed by atoms with E-state index in [1.807, 2.05) is 0 Å². The van der Waals surface area contributed by atoms with Crippen LogP contribution in [0, 0.1) is 6.92 Å². The Balaban J connectivity index is 1.43. The third-order valence-electron chi connectivity index (χ3n) is 6.58. The first-order valence-electron chi connectivity index (χ1n) is 12.3. The molecule has 4 rings (SSSR count). The Morgan fingerprint density at radius 2 is 2.00 bits per heavy atom. The van der Waals surface area contributed by atoms with Gasteiger partial charge in [0.05, 0.1) is 24.4 Å². The number of ether oxygens (including phenoxy) is 1. The maximum absolute atomic E-state index is 13.2. The van der Waals surface area contributed by atoms with Crippen LogP contribution in [0.2, 0.25) is 25.7 Å². The van der Waals surface area contributed by atoms with Crippen molar-refractivity contribution in [2.45, 2.75) is 82.8 Å². The number of aryl methyl sites for hydroxylation is 1. The number of nitrogens with one attached hydrogen (secondary N) is 2. The maximum atomic E-state index is 13.2. The van der Waals surface area contributed by atoms with Crippen LogP contribution in [-0.4, -0.2) is 72.4 Å². The Labute approximate surface area is 211 Å². The second kappa shape index (κ2) is 10.7. The van der Waals surface area contributed by atoms with E-state index in [0.29, 0.717) is 36.2 Å². The molecule has 3 heterocycles. The number of likely N-dealkylation sites (N-methyl/N-ethyl adjacent to an activating group) is 1. The SMILES string of the molecule is Cc1nc(C2CCC(NC(=O)OCC[Si](C)(C)C)C(NC(=O)c3nc4c(s3)CN(C)CC4)C2)no1. The zero-order valence-electron chi connectivity index (χ0n) is 21.2. The third-order valence-corrected chi connectivity index (χ3v) is 9.37. The highest BCUT2D eigenvalue weighted by Gasteiger charge is 2.36. The fraction of sp³-hybridized carbons (Fsp3) is 0.696. The van der Waals surface area contributed by atoms with Gasteiger partial charge < -0.3 is 24.8 Å². The van der Waals surface area contributed by atoms with Gasteiger partial charge in [-0.1, -0.05) is 24.8 Å². The van der Waals surface area contributed by atoms with Crippen molar-refractivity contribution in [1.29, 1.82) is 0 Å². The van der Waals surface area contributed by atoms with Gasteiger partial charge in [-0.15, -0.1) is 11.3 Å². The van der Waals surface area contributed by atoms with Crippen LogP contribution in [-0.2, 0) is 17.7 Å². The van der Waals surface area contributed by atoms with Gasteiger partial charge in [0.25, 0.3) is 5.91 Å². The van der Waals surface area contributed by atoms with Crippen molar-refractivity contribution < 1.29 is 18.8 Å². The summed E-state index contributed by atoms with van der Waals surface area (Å²) >= 11 is 1.45. The van der Waals surface area contributed by atoms with E-state index in [0.717, 1.165) is 42.5 Å². The summed E-state index contributed by atoms with van der Waals surface area (Å²) in [6.45, 7) is 10.7. The second-order valence-corrected chi connectivity index (χ2v) is 17.5. The lowest BCUT2D eigenvalue weighted by Gasteiger charge is -2.35. The Hall–Kier alpha value is -2.31. The number of alkyl carbamates (subject to hydrolysis) is 1. The van der Waals surface area contributed by atoms with Crippen LogP contribution in [0.1, 0.15) is 57.3 Å². The molecule has 2 aliphatic rings. The summed E-state index contributed by atoms with van der Waals surface area (Å²) in [5.74, 6) is 0.994. The van der Waals surface area contributed by atoms with Crippen molar-refractivity contribution in [3.8, 4) is 0 Å². The number of carbonyl (C=O) groups excluding carboxylic acids is 2. The standard InChI is InChI=1S/C23H36N6O4SSi/c1-14-24-20(28-33-14)15-6-7-16(27-23(31)32-10-11-35(3,4)5)18(12-15)25-21(30)22-26-17-8-9-29(2)13-19(17)34-22/h15-16,18H,6-13H2,1-5H3,(H,25,30)(H,27,31). The van der Waals surface area contributed by atoms with Crippen molar-refractivity contribution in [2.75, 3.05) is 20.2 Å². The Kier molecular flexibility index (Phi) is 7.91. The lowest BCUT2D eigenvalue weighted by atomic mass is 9.81. The Morgan fingerprint density at radius 1 is 1.20 bits per heavy atom. The van der Waals surface area contributed by atoms with Gasteiger partial charge in [-0.2, -0.15) is 4.98 Å². The van der Waals surface area contributed by atoms with E-state index in [2.05, 4.69) is 57.3 Å². The molecule has 1 fully saturated rings. The summed E-state index contributed by atoms with van der Waals surface area (Å²) in [4.78, 5) is 38.1. The number of thiazole rings is 1. The quantitative estimate of drug-likeness (QED) is 0.533. The van der Waals surface area contributed by atoms with E-state index in [9.17, 15) is 9.59 Å². The normalized spacial score (nSPS) is 22.9. The fourth-order valence-electron chi connectivity index (χ4n) is 4.51. The van der Waals surface area contributed by atoms with Crippen LogP contribution in [0.4, 0.5) is 4.79 Å². The van der Waals surface area contributed by atoms with Gasteiger partial charge in [-0.25, -0.2) is 9.78 Å². The number of rotatable bonds is 7. The molecule has 2 amide bonds. The summed E-state index contributed by atoms with van der Waals surface area (Å²) in [6, 6.07) is 0.366. The Bertz CT molecular complexity index is 1050. The molecule has 2 aromatic heterocycles. The molecule has 10 nitrogen and oxygen atoms in total. The van der Waals surface area contributed by atoms with Crippen LogP contribution in [0.5, 0.6) is 0 Å². The van der Waals surface area contributed by atoms with Crippen LogP contribution >= 0.6 is 11.3 Å². The van der Waals surface area contributed by atoms with Gasteiger partial charge in [0.15, 0.2) is 10.8 Å². The molecule has 1 saturated carbocycles. The third kappa shape index (κ3) is 6.89. The molecule has 3 atom stereocenters. The fourth-order valence-corrected chi connectivity index (χ4v) is 6.32. The van der Waals surface area contributed by atoms with Gasteiger partial charge in [0, 0.05) is 45.3 Å². The van der Waals surface area contributed by atoms with Crippen LogP contribution < -0.4 is 10.6 Å². The topological polar surface area (TPSA) is 122 Å². The molecule has 0 aromatic carbocycles. The minimum absolute atomic E-state index is 0.0388. The molecule has 1 aliphatic carbocycles. The molecule has 0 saturated heterocycles. The number of hydrogen-bond acceptors (Lipinski definition) is 9. The highest BCUT2D eigenvalue weighted by atomic mass is 32.1. The van der Waals surface area contributed by atoms with Gasteiger partial charge in [0.2, 0.25) is 5.89 Å². The molecule has 1 aliphatic heterocycles. The van der Waals surface area contributed by atoms with Crippen molar-refractivity contribution in [3.63, 3.8) is 0 Å². The molecular formula is C23H36N6O4SSi. The number of aromatic nitrogens is 3. The lowest BCUT2D eigenvalue weighted by Crippen LogP contribution is -2.54. The number of hydrogen-bond donors (Lipinski definition) is 2. The van der Waals surface area contributed by atoms with E-state index in [1.165, 1.54) is 11.3 Å². The molecule has 192 valence electrons. The van der Waals surface area contributed by atoms with E-state index in [1.54, 1.807) is 6.92 Å². The van der Waals surface area contributed by atoms with Crippen molar-refractivity contribution in [2.24, 2.45) is 0 Å².